The number of rotatable bonds is 6. The highest BCUT2D eigenvalue weighted by Crippen LogP contribution is 2.32. The SMILES string of the molecule is C#CCCCC(NCC)c1cccc(Br)c1Cl. The molecule has 0 fully saturated rings. The molecule has 0 spiro atoms. The highest BCUT2D eigenvalue weighted by Gasteiger charge is 2.14. The van der Waals surface area contributed by atoms with E-state index in [1.54, 1.807) is 0 Å². The maximum Gasteiger partial charge on any atom is 0.0595 e. The summed E-state index contributed by atoms with van der Waals surface area (Å²) in [7, 11) is 0. The topological polar surface area (TPSA) is 12.0 Å². The Morgan fingerprint density at radius 2 is 2.29 bits per heavy atom. The summed E-state index contributed by atoms with van der Waals surface area (Å²) in [4.78, 5) is 0. The van der Waals surface area contributed by atoms with Crippen LogP contribution in [0.1, 0.15) is 37.8 Å². The Kier molecular flexibility index (Phi) is 6.65. The minimum atomic E-state index is 0.276. The fourth-order valence-corrected chi connectivity index (χ4v) is 2.45. The fraction of sp³-hybridized carbons (Fsp3) is 0.429. The van der Waals surface area contributed by atoms with Gasteiger partial charge in [0.25, 0.3) is 0 Å². The van der Waals surface area contributed by atoms with Crippen LogP contribution in [0.2, 0.25) is 5.02 Å². The van der Waals surface area contributed by atoms with Gasteiger partial charge in [0.15, 0.2) is 0 Å². The van der Waals surface area contributed by atoms with Crippen LogP contribution in [-0.4, -0.2) is 6.54 Å². The molecule has 92 valence electrons. The van der Waals surface area contributed by atoms with Crippen LogP contribution in [0.4, 0.5) is 0 Å². The fourth-order valence-electron chi connectivity index (χ4n) is 1.81. The zero-order valence-electron chi connectivity index (χ0n) is 9.97. The Balaban J connectivity index is 2.82. The van der Waals surface area contributed by atoms with E-state index in [9.17, 15) is 0 Å². The van der Waals surface area contributed by atoms with Crippen LogP contribution in [0.5, 0.6) is 0 Å². The van der Waals surface area contributed by atoms with Crippen molar-refractivity contribution < 1.29 is 0 Å². The van der Waals surface area contributed by atoms with E-state index < -0.39 is 0 Å². The third kappa shape index (κ3) is 4.35. The predicted molar refractivity (Wildman–Crippen MR) is 78.3 cm³/mol. The molecule has 0 aliphatic heterocycles. The zero-order chi connectivity index (χ0) is 12.7. The molecule has 0 saturated carbocycles. The normalized spacial score (nSPS) is 12.1. The first kappa shape index (κ1) is 14.6. The monoisotopic (exact) mass is 313 g/mol. The largest absolute Gasteiger partial charge is 0.310 e. The highest BCUT2D eigenvalue weighted by atomic mass is 79.9. The maximum absolute atomic E-state index is 6.31. The van der Waals surface area contributed by atoms with Crippen molar-refractivity contribution in [1.29, 1.82) is 0 Å². The lowest BCUT2D eigenvalue weighted by molar-refractivity contribution is 0.502. The molecule has 0 aliphatic rings. The molecule has 0 amide bonds. The van der Waals surface area contributed by atoms with Crippen molar-refractivity contribution in [3.8, 4) is 12.3 Å². The van der Waals surface area contributed by atoms with E-state index in [2.05, 4.69) is 40.2 Å². The van der Waals surface area contributed by atoms with E-state index in [1.807, 2.05) is 12.1 Å². The molecular formula is C14H17BrClN. The molecule has 0 radical (unpaired) electrons. The van der Waals surface area contributed by atoms with Gasteiger partial charge < -0.3 is 5.32 Å². The summed E-state index contributed by atoms with van der Waals surface area (Å²) in [5.74, 6) is 2.67. The van der Waals surface area contributed by atoms with Crippen LogP contribution in [-0.2, 0) is 0 Å². The van der Waals surface area contributed by atoms with Crippen molar-refractivity contribution in [2.75, 3.05) is 6.54 Å². The van der Waals surface area contributed by atoms with E-state index in [0.717, 1.165) is 40.9 Å². The third-order valence-corrected chi connectivity index (χ3v) is 3.93. The van der Waals surface area contributed by atoms with Crippen molar-refractivity contribution in [2.45, 2.75) is 32.2 Å². The Labute approximate surface area is 117 Å². The second kappa shape index (κ2) is 7.76. The van der Waals surface area contributed by atoms with Crippen molar-refractivity contribution >= 4 is 27.5 Å². The molecule has 1 rings (SSSR count). The van der Waals surface area contributed by atoms with Crippen LogP contribution in [0.25, 0.3) is 0 Å². The van der Waals surface area contributed by atoms with Crippen LogP contribution in [0.3, 0.4) is 0 Å². The van der Waals surface area contributed by atoms with Gasteiger partial charge in [-0.2, -0.15) is 0 Å². The Morgan fingerprint density at radius 1 is 1.53 bits per heavy atom. The van der Waals surface area contributed by atoms with Crippen LogP contribution < -0.4 is 5.32 Å². The second-order valence-electron chi connectivity index (χ2n) is 3.85. The molecule has 0 aliphatic carbocycles. The first-order valence-electron chi connectivity index (χ1n) is 5.81. The van der Waals surface area contributed by atoms with E-state index in [-0.39, 0.29) is 6.04 Å². The minimum absolute atomic E-state index is 0.276. The molecule has 17 heavy (non-hydrogen) atoms. The van der Waals surface area contributed by atoms with Gasteiger partial charge in [-0.3, -0.25) is 0 Å². The third-order valence-electron chi connectivity index (χ3n) is 2.62. The quantitative estimate of drug-likeness (QED) is 0.599. The summed E-state index contributed by atoms with van der Waals surface area (Å²) in [6.45, 7) is 3.02. The van der Waals surface area contributed by atoms with Crippen molar-refractivity contribution in [3.63, 3.8) is 0 Å². The molecule has 1 nitrogen and oxygen atoms in total. The molecule has 0 bridgehead atoms. The molecule has 0 saturated heterocycles. The lowest BCUT2D eigenvalue weighted by Crippen LogP contribution is -2.21. The highest BCUT2D eigenvalue weighted by molar-refractivity contribution is 9.10. The van der Waals surface area contributed by atoms with E-state index in [4.69, 9.17) is 18.0 Å². The molecule has 1 aromatic rings. The molecule has 1 aromatic carbocycles. The average Bonchev–Trinajstić information content (AvgIpc) is 2.32. The van der Waals surface area contributed by atoms with Gasteiger partial charge in [-0.15, -0.1) is 12.3 Å². The van der Waals surface area contributed by atoms with E-state index in [1.165, 1.54) is 0 Å². The first-order valence-corrected chi connectivity index (χ1v) is 6.98. The average molecular weight is 315 g/mol. The maximum atomic E-state index is 6.31. The standard InChI is InChI=1S/C14H17BrClN/c1-3-5-6-10-13(17-4-2)11-8-7-9-12(15)14(11)16/h1,7-9,13,17H,4-6,10H2,2H3. The van der Waals surface area contributed by atoms with Crippen molar-refractivity contribution in [3.05, 3.63) is 33.3 Å². The van der Waals surface area contributed by atoms with E-state index >= 15 is 0 Å². The van der Waals surface area contributed by atoms with Gasteiger partial charge in [-0.25, -0.2) is 0 Å². The van der Waals surface area contributed by atoms with Gasteiger partial charge >= 0.3 is 0 Å². The van der Waals surface area contributed by atoms with Gasteiger partial charge in [0.2, 0.25) is 0 Å². The van der Waals surface area contributed by atoms with Crippen molar-refractivity contribution in [2.24, 2.45) is 0 Å². The Hall–Kier alpha value is -0.490. The van der Waals surface area contributed by atoms with Crippen LogP contribution in [0.15, 0.2) is 22.7 Å². The summed E-state index contributed by atoms with van der Waals surface area (Å²) in [5.41, 5.74) is 1.14. The number of benzene rings is 1. The molecule has 0 heterocycles. The summed E-state index contributed by atoms with van der Waals surface area (Å²) >= 11 is 9.76. The molecule has 0 aromatic heterocycles. The van der Waals surface area contributed by atoms with Crippen LogP contribution >= 0.6 is 27.5 Å². The zero-order valence-corrected chi connectivity index (χ0v) is 12.3. The van der Waals surface area contributed by atoms with Crippen molar-refractivity contribution in [1.82, 2.24) is 5.32 Å². The summed E-state index contributed by atoms with van der Waals surface area (Å²) in [6.07, 6.45) is 8.11. The van der Waals surface area contributed by atoms with Crippen LogP contribution in [0, 0.1) is 12.3 Å². The van der Waals surface area contributed by atoms with Gasteiger partial charge in [0.05, 0.1) is 5.02 Å². The number of halogens is 2. The minimum Gasteiger partial charge on any atom is -0.310 e. The first-order chi connectivity index (χ1) is 8.20. The number of nitrogens with one attached hydrogen (secondary N) is 1. The number of terminal acetylenes is 1. The van der Waals surface area contributed by atoms with Gasteiger partial charge in [0.1, 0.15) is 0 Å². The lowest BCUT2D eigenvalue weighted by Gasteiger charge is -2.19. The molecule has 1 atom stereocenters. The van der Waals surface area contributed by atoms with Gasteiger partial charge in [-0.1, -0.05) is 30.7 Å². The second-order valence-corrected chi connectivity index (χ2v) is 5.08. The predicted octanol–water partition coefficient (Wildman–Crippen LogP) is 4.56. The Morgan fingerprint density at radius 3 is 2.94 bits per heavy atom. The summed E-state index contributed by atoms with van der Waals surface area (Å²) in [5, 5.41) is 4.24. The lowest BCUT2D eigenvalue weighted by atomic mass is 10.0. The molecule has 1 unspecified atom stereocenters. The molecular weight excluding hydrogens is 298 g/mol. The molecule has 3 heteroatoms. The molecule has 1 N–H and O–H groups in total. The van der Waals surface area contributed by atoms with Gasteiger partial charge in [-0.05, 0) is 46.9 Å². The summed E-state index contributed by atoms with van der Waals surface area (Å²) < 4.78 is 0.941. The summed E-state index contributed by atoms with van der Waals surface area (Å²) in [6, 6.07) is 6.31. The van der Waals surface area contributed by atoms with Gasteiger partial charge in [0, 0.05) is 16.9 Å². The smallest absolute Gasteiger partial charge is 0.0595 e. The number of unbranched alkanes of at least 4 members (excludes halogenated alkanes) is 1. The number of hydrogen-bond acceptors (Lipinski definition) is 1. The number of hydrogen-bond donors (Lipinski definition) is 1. The van der Waals surface area contributed by atoms with E-state index in [0.29, 0.717) is 0 Å². The Bertz CT molecular complexity index is 398.